The largest absolute Gasteiger partial charge is 0.497 e. The number of ether oxygens (including phenoxy) is 1. The summed E-state index contributed by atoms with van der Waals surface area (Å²) in [4.78, 5) is 0. The summed E-state index contributed by atoms with van der Waals surface area (Å²) in [5, 5.41) is 18.1. The molecule has 1 rings (SSSR count). The third-order valence-corrected chi connectivity index (χ3v) is 2.39. The van der Waals surface area contributed by atoms with Crippen LogP contribution in [0.15, 0.2) is 18.2 Å². The molecule has 0 bridgehead atoms. The van der Waals surface area contributed by atoms with Crippen LogP contribution in [0.1, 0.15) is 25.0 Å². The van der Waals surface area contributed by atoms with Crippen molar-refractivity contribution in [1.29, 1.82) is 5.26 Å². The van der Waals surface area contributed by atoms with Crippen molar-refractivity contribution in [1.82, 2.24) is 0 Å². The van der Waals surface area contributed by atoms with Crippen molar-refractivity contribution in [2.45, 2.75) is 25.9 Å². The van der Waals surface area contributed by atoms with Crippen LogP contribution >= 0.6 is 0 Å². The molecule has 1 aromatic carbocycles. The lowest BCUT2D eigenvalue weighted by Gasteiger charge is -2.17. The number of aliphatic hydroxyl groups excluding tert-OH is 1. The molecule has 0 saturated carbocycles. The second-order valence-electron chi connectivity index (χ2n) is 3.96. The molecule has 80 valence electrons. The van der Waals surface area contributed by atoms with Gasteiger partial charge in [0.15, 0.2) is 0 Å². The number of rotatable bonds is 3. The van der Waals surface area contributed by atoms with Gasteiger partial charge in [0.05, 0.1) is 25.2 Å². The lowest BCUT2D eigenvalue weighted by atomic mass is 9.85. The van der Waals surface area contributed by atoms with Gasteiger partial charge in [-0.15, -0.1) is 0 Å². The van der Waals surface area contributed by atoms with Gasteiger partial charge < -0.3 is 9.84 Å². The molecule has 3 heteroatoms. The first kappa shape index (κ1) is 11.5. The second-order valence-corrected chi connectivity index (χ2v) is 3.96. The minimum absolute atomic E-state index is 0.0499. The van der Waals surface area contributed by atoms with E-state index in [0.29, 0.717) is 5.75 Å². The number of methoxy groups -OCH3 is 1. The summed E-state index contributed by atoms with van der Waals surface area (Å²) in [7, 11) is 1.57. The molecule has 0 aliphatic rings. The van der Waals surface area contributed by atoms with Gasteiger partial charge in [0.2, 0.25) is 0 Å². The minimum atomic E-state index is -0.571. The quantitative estimate of drug-likeness (QED) is 0.821. The fraction of sp³-hybridized carbons (Fsp3) is 0.417. The van der Waals surface area contributed by atoms with Gasteiger partial charge in [-0.3, -0.25) is 0 Å². The summed E-state index contributed by atoms with van der Waals surface area (Å²) >= 11 is 0. The highest BCUT2D eigenvalue weighted by atomic mass is 16.5. The summed E-state index contributed by atoms with van der Waals surface area (Å²) in [5.74, 6) is 0.667. The van der Waals surface area contributed by atoms with Crippen molar-refractivity contribution in [3.05, 3.63) is 29.3 Å². The molecule has 1 aromatic rings. The Hall–Kier alpha value is -1.53. The molecule has 0 fully saturated rings. The number of nitriles is 1. The van der Waals surface area contributed by atoms with E-state index in [0.717, 1.165) is 11.1 Å². The van der Waals surface area contributed by atoms with Crippen LogP contribution in [-0.4, -0.2) is 12.2 Å². The van der Waals surface area contributed by atoms with Crippen LogP contribution in [0.5, 0.6) is 5.75 Å². The molecular formula is C12H15NO2. The van der Waals surface area contributed by atoms with Crippen molar-refractivity contribution in [3.63, 3.8) is 0 Å². The van der Waals surface area contributed by atoms with Crippen LogP contribution in [-0.2, 0) is 12.0 Å². The van der Waals surface area contributed by atoms with Crippen molar-refractivity contribution in [2.24, 2.45) is 0 Å². The minimum Gasteiger partial charge on any atom is -0.497 e. The highest BCUT2D eigenvalue weighted by molar-refractivity contribution is 5.40. The molecule has 0 saturated heterocycles. The lowest BCUT2D eigenvalue weighted by molar-refractivity contribution is 0.280. The van der Waals surface area contributed by atoms with Gasteiger partial charge >= 0.3 is 0 Å². The van der Waals surface area contributed by atoms with Crippen LogP contribution in [0.2, 0.25) is 0 Å². The van der Waals surface area contributed by atoms with E-state index in [9.17, 15) is 0 Å². The SMILES string of the molecule is COc1cc(CO)cc(C(C)(C)C#N)c1. The molecule has 0 heterocycles. The van der Waals surface area contributed by atoms with Crippen LogP contribution in [0.25, 0.3) is 0 Å². The van der Waals surface area contributed by atoms with E-state index >= 15 is 0 Å². The monoisotopic (exact) mass is 205 g/mol. The Labute approximate surface area is 89.9 Å². The highest BCUT2D eigenvalue weighted by Crippen LogP contribution is 2.27. The molecule has 0 unspecified atom stereocenters. The molecule has 1 N–H and O–H groups in total. The average molecular weight is 205 g/mol. The molecule has 0 aromatic heterocycles. The summed E-state index contributed by atoms with van der Waals surface area (Å²) in [6.45, 7) is 3.62. The van der Waals surface area contributed by atoms with Crippen LogP contribution in [0.3, 0.4) is 0 Å². The first-order chi connectivity index (χ1) is 7.03. The van der Waals surface area contributed by atoms with E-state index < -0.39 is 5.41 Å². The zero-order chi connectivity index (χ0) is 11.5. The van der Waals surface area contributed by atoms with E-state index in [1.54, 1.807) is 13.2 Å². The molecule has 0 aliphatic heterocycles. The lowest BCUT2D eigenvalue weighted by Crippen LogP contribution is -2.14. The predicted molar refractivity (Wildman–Crippen MR) is 57.6 cm³/mol. The molecule has 15 heavy (non-hydrogen) atoms. The molecular weight excluding hydrogens is 190 g/mol. The smallest absolute Gasteiger partial charge is 0.119 e. The number of hydrogen-bond donors (Lipinski definition) is 1. The maximum absolute atomic E-state index is 9.08. The molecule has 0 atom stereocenters. The van der Waals surface area contributed by atoms with Gasteiger partial charge in [-0.05, 0) is 37.1 Å². The summed E-state index contributed by atoms with van der Waals surface area (Å²) < 4.78 is 5.12. The van der Waals surface area contributed by atoms with Crippen LogP contribution < -0.4 is 4.74 Å². The van der Waals surface area contributed by atoms with E-state index in [1.165, 1.54) is 0 Å². The first-order valence-electron chi connectivity index (χ1n) is 4.74. The van der Waals surface area contributed by atoms with E-state index in [2.05, 4.69) is 6.07 Å². The second kappa shape index (κ2) is 4.33. The Morgan fingerprint density at radius 2 is 2.07 bits per heavy atom. The van der Waals surface area contributed by atoms with Crippen LogP contribution in [0, 0.1) is 11.3 Å². The Balaban J connectivity index is 3.25. The molecule has 0 amide bonds. The number of aliphatic hydroxyl groups is 1. The Morgan fingerprint density at radius 1 is 1.40 bits per heavy atom. The third-order valence-electron chi connectivity index (χ3n) is 2.39. The van der Waals surface area contributed by atoms with Gasteiger partial charge in [0.25, 0.3) is 0 Å². The van der Waals surface area contributed by atoms with E-state index in [1.807, 2.05) is 26.0 Å². The van der Waals surface area contributed by atoms with Crippen molar-refractivity contribution in [3.8, 4) is 11.8 Å². The Bertz CT molecular complexity index is 369. The van der Waals surface area contributed by atoms with Gasteiger partial charge in [-0.1, -0.05) is 6.07 Å². The van der Waals surface area contributed by atoms with Crippen molar-refractivity contribution >= 4 is 0 Å². The molecule has 0 radical (unpaired) electrons. The zero-order valence-corrected chi connectivity index (χ0v) is 9.24. The maximum atomic E-state index is 9.08. The van der Waals surface area contributed by atoms with E-state index in [4.69, 9.17) is 15.1 Å². The number of benzene rings is 1. The normalized spacial score (nSPS) is 10.9. The Kier molecular flexibility index (Phi) is 3.33. The van der Waals surface area contributed by atoms with Gasteiger partial charge in [-0.25, -0.2) is 0 Å². The summed E-state index contributed by atoms with van der Waals surface area (Å²) in [5.41, 5.74) is 1.04. The van der Waals surface area contributed by atoms with Gasteiger partial charge in [0, 0.05) is 0 Å². The topological polar surface area (TPSA) is 53.2 Å². The van der Waals surface area contributed by atoms with Gasteiger partial charge in [-0.2, -0.15) is 5.26 Å². The molecule has 3 nitrogen and oxygen atoms in total. The number of hydrogen-bond acceptors (Lipinski definition) is 3. The standard InChI is InChI=1S/C12H15NO2/c1-12(2,8-13)10-4-9(7-14)5-11(6-10)15-3/h4-6,14H,7H2,1-3H3. The van der Waals surface area contributed by atoms with Crippen LogP contribution in [0.4, 0.5) is 0 Å². The maximum Gasteiger partial charge on any atom is 0.119 e. The number of nitrogens with zero attached hydrogens (tertiary/aromatic N) is 1. The van der Waals surface area contributed by atoms with E-state index in [-0.39, 0.29) is 6.61 Å². The Morgan fingerprint density at radius 3 is 2.53 bits per heavy atom. The zero-order valence-electron chi connectivity index (χ0n) is 9.24. The molecule has 0 spiro atoms. The molecule has 0 aliphatic carbocycles. The highest BCUT2D eigenvalue weighted by Gasteiger charge is 2.20. The fourth-order valence-electron chi connectivity index (χ4n) is 1.30. The fourth-order valence-corrected chi connectivity index (χ4v) is 1.30. The summed E-state index contributed by atoms with van der Waals surface area (Å²) in [6, 6.07) is 7.63. The summed E-state index contributed by atoms with van der Waals surface area (Å²) in [6.07, 6.45) is 0. The first-order valence-corrected chi connectivity index (χ1v) is 4.74. The van der Waals surface area contributed by atoms with Crippen molar-refractivity contribution in [2.75, 3.05) is 7.11 Å². The third kappa shape index (κ3) is 2.48. The predicted octanol–water partition coefficient (Wildman–Crippen LogP) is 1.99. The van der Waals surface area contributed by atoms with Gasteiger partial charge in [0.1, 0.15) is 5.75 Å². The average Bonchev–Trinajstić information content (AvgIpc) is 2.28. The van der Waals surface area contributed by atoms with Crippen molar-refractivity contribution < 1.29 is 9.84 Å².